The second-order valence-electron chi connectivity index (χ2n) is 12.5. The minimum absolute atomic E-state index is 0.199. The summed E-state index contributed by atoms with van der Waals surface area (Å²) in [4.78, 5) is 28.1. The Morgan fingerprint density at radius 1 is 1.02 bits per heavy atom. The molecule has 1 fully saturated rings. The summed E-state index contributed by atoms with van der Waals surface area (Å²) in [6.45, 7) is 11.6. The molecule has 0 bridgehead atoms. The molecule has 2 heterocycles. The lowest BCUT2D eigenvalue weighted by molar-refractivity contribution is 0.0170. The molecule has 42 heavy (non-hydrogen) atoms. The summed E-state index contributed by atoms with van der Waals surface area (Å²) in [5.41, 5.74) is 0.783. The van der Waals surface area contributed by atoms with Gasteiger partial charge in [-0.1, -0.05) is 18.2 Å². The fourth-order valence-corrected chi connectivity index (χ4v) is 5.00. The zero-order valence-electron chi connectivity index (χ0n) is 25.0. The van der Waals surface area contributed by atoms with Crippen molar-refractivity contribution in [3.05, 3.63) is 71.6 Å². The molecule has 0 radical (unpaired) electrons. The minimum atomic E-state index is -0.821. The third-order valence-corrected chi connectivity index (χ3v) is 6.75. The van der Waals surface area contributed by atoms with Gasteiger partial charge in [-0.25, -0.2) is 13.6 Å². The topological polar surface area (TPSA) is 93.0 Å². The number of hydrogen-bond acceptors (Lipinski definition) is 5. The summed E-state index contributed by atoms with van der Waals surface area (Å²) < 4.78 is 41.1. The maximum absolute atomic E-state index is 14.1. The van der Waals surface area contributed by atoms with E-state index in [9.17, 15) is 23.5 Å². The molecule has 10 heteroatoms. The van der Waals surface area contributed by atoms with Gasteiger partial charge < -0.3 is 29.4 Å². The first-order chi connectivity index (χ1) is 19.7. The van der Waals surface area contributed by atoms with Crippen molar-refractivity contribution < 1.29 is 33.0 Å². The average molecular weight is 584 g/mol. The van der Waals surface area contributed by atoms with Gasteiger partial charge in [-0.3, -0.25) is 4.79 Å². The second-order valence-corrected chi connectivity index (χ2v) is 12.5. The van der Waals surface area contributed by atoms with Crippen LogP contribution in [-0.4, -0.2) is 50.8 Å². The summed E-state index contributed by atoms with van der Waals surface area (Å²) in [5, 5.41) is 13.5. The van der Waals surface area contributed by atoms with Crippen LogP contribution in [-0.2, 0) is 11.3 Å². The fourth-order valence-electron chi connectivity index (χ4n) is 5.00. The number of nitrogens with zero attached hydrogens (tertiary/aromatic N) is 2. The second kappa shape index (κ2) is 12.1. The van der Waals surface area contributed by atoms with E-state index in [4.69, 9.17) is 9.47 Å². The van der Waals surface area contributed by atoms with Crippen LogP contribution in [0.3, 0.4) is 0 Å². The summed E-state index contributed by atoms with van der Waals surface area (Å²) in [6, 6.07) is 9.79. The molecule has 1 atom stereocenters. The van der Waals surface area contributed by atoms with Crippen molar-refractivity contribution in [1.82, 2.24) is 14.8 Å². The van der Waals surface area contributed by atoms with Crippen molar-refractivity contribution in [2.75, 3.05) is 13.1 Å². The van der Waals surface area contributed by atoms with Gasteiger partial charge in [0.25, 0.3) is 5.91 Å². The van der Waals surface area contributed by atoms with Crippen LogP contribution in [0.1, 0.15) is 76.5 Å². The molecule has 8 nitrogen and oxygen atoms in total. The van der Waals surface area contributed by atoms with Gasteiger partial charge in [0.15, 0.2) is 17.4 Å². The first-order valence-corrected chi connectivity index (χ1v) is 14.0. The third-order valence-electron chi connectivity index (χ3n) is 6.75. The zero-order chi connectivity index (χ0) is 30.8. The number of carbonyl (C=O) groups excluding carboxylic acids is 2. The number of hydrogen-bond donors (Lipinski definition) is 2. The normalized spacial score (nSPS) is 15.8. The zero-order valence-corrected chi connectivity index (χ0v) is 25.0. The summed E-state index contributed by atoms with van der Waals surface area (Å²) in [5.74, 6) is -2.29. The maximum atomic E-state index is 14.1. The Bertz CT molecular complexity index is 1420. The summed E-state index contributed by atoms with van der Waals surface area (Å²) in [6.07, 6.45) is 2.88. The number of nitrogens with one attached hydrogen (secondary N) is 1. The number of carbonyl (C=O) groups is 2. The van der Waals surface area contributed by atoms with Gasteiger partial charge in [0.05, 0.1) is 23.9 Å². The molecule has 0 spiro atoms. The van der Waals surface area contributed by atoms with Crippen molar-refractivity contribution in [1.29, 1.82) is 0 Å². The van der Waals surface area contributed by atoms with Gasteiger partial charge in [0, 0.05) is 30.4 Å². The number of para-hydroxylation sites is 1. The minimum Gasteiger partial charge on any atom is -0.451 e. The van der Waals surface area contributed by atoms with Crippen molar-refractivity contribution in [3.8, 4) is 22.6 Å². The number of benzene rings is 2. The van der Waals surface area contributed by atoms with Crippen LogP contribution in [0.2, 0.25) is 0 Å². The van der Waals surface area contributed by atoms with Crippen LogP contribution in [0, 0.1) is 11.6 Å². The summed E-state index contributed by atoms with van der Waals surface area (Å²) >= 11 is 0. The average Bonchev–Trinajstić information content (AvgIpc) is 3.29. The lowest BCUT2D eigenvalue weighted by Crippen LogP contribution is -2.43. The lowest BCUT2D eigenvalue weighted by atomic mass is 10.0. The molecule has 2 N–H and O–H groups in total. The molecule has 1 aromatic heterocycles. The molecule has 4 rings (SSSR count). The number of amides is 2. The molecule has 1 aliphatic rings. The molecular weight excluding hydrogens is 544 g/mol. The Labute approximate surface area is 245 Å². The molecule has 2 aromatic carbocycles. The van der Waals surface area contributed by atoms with Gasteiger partial charge in [-0.05, 0) is 84.2 Å². The van der Waals surface area contributed by atoms with Crippen LogP contribution in [0.15, 0.2) is 48.7 Å². The van der Waals surface area contributed by atoms with E-state index >= 15 is 0 Å². The largest absolute Gasteiger partial charge is 0.451 e. The van der Waals surface area contributed by atoms with Crippen LogP contribution in [0.25, 0.3) is 11.1 Å². The van der Waals surface area contributed by atoms with Crippen LogP contribution >= 0.6 is 0 Å². The van der Waals surface area contributed by atoms with Gasteiger partial charge in [0.1, 0.15) is 11.4 Å². The Hall–Kier alpha value is -3.92. The van der Waals surface area contributed by atoms with Gasteiger partial charge in [-0.15, -0.1) is 0 Å². The quantitative estimate of drug-likeness (QED) is 0.332. The molecule has 0 unspecified atom stereocenters. The highest BCUT2D eigenvalue weighted by Crippen LogP contribution is 2.36. The third kappa shape index (κ3) is 7.28. The van der Waals surface area contributed by atoms with E-state index in [1.54, 1.807) is 29.2 Å². The Balaban J connectivity index is 1.71. The number of likely N-dealkylation sites (tertiary alicyclic amines) is 1. The number of aromatic nitrogens is 1. The van der Waals surface area contributed by atoms with E-state index in [0.29, 0.717) is 35.5 Å². The van der Waals surface area contributed by atoms with Gasteiger partial charge in [0.2, 0.25) is 0 Å². The standard InChI is InChI=1S/C32H39F2N3O5/c1-31(2,3)35-29(39)27-23(20-12-14-22(15-13-20)41-28-24(33)10-7-11-25(28)34)18-37(26(27)19-38)21-9-8-16-36(17-21)30(40)42-32(4,5)6/h7,10-15,18,21,38H,8-9,16-17,19H2,1-6H3,(H,35,39)/t21-/m1/s1. The Kier molecular flexibility index (Phi) is 8.96. The molecule has 0 saturated carbocycles. The van der Waals surface area contributed by atoms with Crippen LogP contribution < -0.4 is 10.1 Å². The van der Waals surface area contributed by atoms with Crippen molar-refractivity contribution >= 4 is 12.0 Å². The number of aliphatic hydroxyl groups excluding tert-OH is 1. The number of piperidine rings is 1. The highest BCUT2D eigenvalue weighted by atomic mass is 19.1. The first kappa shape index (κ1) is 31.0. The number of rotatable bonds is 6. The lowest BCUT2D eigenvalue weighted by Gasteiger charge is -2.35. The number of aliphatic hydroxyl groups is 1. The molecule has 0 aliphatic carbocycles. The van der Waals surface area contributed by atoms with Crippen LogP contribution in [0.5, 0.6) is 11.5 Å². The SMILES string of the molecule is CC(C)(C)NC(=O)c1c(-c2ccc(Oc3c(F)cccc3F)cc2)cn([C@@H]2CCCN(C(=O)OC(C)(C)C)C2)c1CO. The summed E-state index contributed by atoms with van der Waals surface area (Å²) in [7, 11) is 0. The smallest absolute Gasteiger partial charge is 0.410 e. The number of ether oxygens (including phenoxy) is 2. The monoisotopic (exact) mass is 583 g/mol. The first-order valence-electron chi connectivity index (χ1n) is 14.0. The van der Waals surface area contributed by atoms with E-state index in [2.05, 4.69) is 5.32 Å². The van der Waals surface area contributed by atoms with E-state index in [-0.39, 0.29) is 17.7 Å². The molecule has 1 saturated heterocycles. The Morgan fingerprint density at radius 2 is 1.67 bits per heavy atom. The number of halogens is 2. The predicted octanol–water partition coefficient (Wildman–Crippen LogP) is 6.82. The van der Waals surface area contributed by atoms with E-state index in [1.165, 1.54) is 6.07 Å². The van der Waals surface area contributed by atoms with Gasteiger partial charge >= 0.3 is 6.09 Å². The molecule has 1 aliphatic heterocycles. The van der Waals surface area contributed by atoms with E-state index in [1.807, 2.05) is 52.3 Å². The van der Waals surface area contributed by atoms with Crippen LogP contribution in [0.4, 0.5) is 13.6 Å². The highest BCUT2D eigenvalue weighted by molar-refractivity contribution is 6.02. The van der Waals surface area contributed by atoms with Gasteiger partial charge in [-0.2, -0.15) is 0 Å². The van der Waals surface area contributed by atoms with Crippen molar-refractivity contribution in [3.63, 3.8) is 0 Å². The predicted molar refractivity (Wildman–Crippen MR) is 156 cm³/mol. The fraction of sp³-hybridized carbons (Fsp3) is 0.438. The molecule has 2 amide bonds. The molecular formula is C32H39F2N3O5. The maximum Gasteiger partial charge on any atom is 0.410 e. The van der Waals surface area contributed by atoms with E-state index in [0.717, 1.165) is 25.0 Å². The molecule has 3 aromatic rings. The Morgan fingerprint density at radius 3 is 2.24 bits per heavy atom. The highest BCUT2D eigenvalue weighted by Gasteiger charge is 2.32. The van der Waals surface area contributed by atoms with E-state index < -0.39 is 41.2 Å². The van der Waals surface area contributed by atoms with Crippen molar-refractivity contribution in [2.45, 2.75) is 78.2 Å². The van der Waals surface area contributed by atoms with Crippen molar-refractivity contribution in [2.24, 2.45) is 0 Å². The molecule has 226 valence electrons.